The molecular formula is C80H87N9O16. The lowest BCUT2D eigenvalue weighted by Gasteiger charge is -2.26. The van der Waals surface area contributed by atoms with E-state index < -0.39 is 23.9 Å². The molecule has 6 aromatic carbocycles. The number of aliphatic imine (C=N–C) groups is 2. The van der Waals surface area contributed by atoms with Gasteiger partial charge < -0.3 is 78.6 Å². The van der Waals surface area contributed by atoms with Crippen molar-refractivity contribution in [3.05, 3.63) is 173 Å². The maximum Gasteiger partial charge on any atom is 0.260 e. The third-order valence-electron chi connectivity index (χ3n) is 18.1. The molecule has 548 valence electrons. The number of rotatable bonds is 35. The molecule has 0 saturated heterocycles. The van der Waals surface area contributed by atoms with Crippen LogP contribution >= 0.6 is 0 Å². The van der Waals surface area contributed by atoms with Crippen molar-refractivity contribution in [1.29, 1.82) is 0 Å². The van der Waals surface area contributed by atoms with E-state index in [0.29, 0.717) is 110 Å². The van der Waals surface area contributed by atoms with Gasteiger partial charge in [0.25, 0.3) is 11.8 Å². The molecule has 25 nitrogen and oxygen atoms in total. The largest absolute Gasteiger partial charge is 0.497 e. The van der Waals surface area contributed by atoms with Gasteiger partial charge in [-0.15, -0.1) is 0 Å². The summed E-state index contributed by atoms with van der Waals surface area (Å²) in [5.41, 5.74) is 9.20. The van der Waals surface area contributed by atoms with E-state index in [4.69, 9.17) is 52.6 Å². The number of carbonyl (C=O) groups is 7. The Morgan fingerprint density at radius 2 is 1.08 bits per heavy atom. The van der Waals surface area contributed by atoms with E-state index in [2.05, 4.69) is 33.1 Å². The fourth-order valence-corrected chi connectivity index (χ4v) is 12.4. The minimum Gasteiger partial charge on any atom is -0.497 e. The second-order valence-corrected chi connectivity index (χ2v) is 25.7. The summed E-state index contributed by atoms with van der Waals surface area (Å²) in [6.45, 7) is 8.49. The van der Waals surface area contributed by atoms with Gasteiger partial charge >= 0.3 is 0 Å². The summed E-state index contributed by atoms with van der Waals surface area (Å²) >= 11 is 0. The molecule has 0 spiro atoms. The summed E-state index contributed by atoms with van der Waals surface area (Å²) in [6, 6.07) is 34.4. The number of anilines is 2. The molecule has 5 aliphatic heterocycles. The molecule has 0 unspecified atom stereocenters. The van der Waals surface area contributed by atoms with Crippen molar-refractivity contribution in [2.45, 2.75) is 90.0 Å². The Morgan fingerprint density at radius 3 is 1.65 bits per heavy atom. The lowest BCUT2D eigenvalue weighted by molar-refractivity contribution is -0.132. The molecular weight excluding hydrogens is 1340 g/mol. The summed E-state index contributed by atoms with van der Waals surface area (Å²) in [6.07, 6.45) is 8.88. The first-order chi connectivity index (χ1) is 51.0. The van der Waals surface area contributed by atoms with Crippen LogP contribution in [0.4, 0.5) is 22.7 Å². The van der Waals surface area contributed by atoms with Crippen LogP contribution in [0.2, 0.25) is 0 Å². The lowest BCUT2D eigenvalue weighted by atomic mass is 10.0. The van der Waals surface area contributed by atoms with Crippen LogP contribution in [0, 0.1) is 17.8 Å². The first-order valence-corrected chi connectivity index (χ1v) is 35.1. The van der Waals surface area contributed by atoms with Crippen molar-refractivity contribution in [3.63, 3.8) is 0 Å². The van der Waals surface area contributed by atoms with Crippen LogP contribution in [0.1, 0.15) is 108 Å². The smallest absolute Gasteiger partial charge is 0.260 e. The molecule has 0 aliphatic carbocycles. The number of para-hydroxylation sites is 1. The standard InChI is InChI=1S/C80H87N9O16/c1-51(2)76(86-74(91)28-32-100-34-36-102-38-39-103-37-35-101-33-29-81-73(90)26-27-75(92)89-48-57-14-8-7-12-53(57)16-17-56-13-9-10-15-68(56)89)78(94)84-52(3)77(93)85-60-22-18-54(19-23-60)58-40-61-46-82-66-44-71(69(98-5)42-64(66)79(95)87(61)49-58)104-30-11-31-105-72-45-67-65(43-70(72)99-6)80(96)88-50-59(41-62(88)47-83-67)55-20-24-63(97-4)25-21-55/h7-10,12-15,18-25,42-47,49-52,61-62,76H,11,26-41,48H2,1-6H3,(H,81,90)(H,84,94)(H,85,93)(H,86,91)/t52-,61-,62-,76-/m0/s1. The predicted molar refractivity (Wildman–Crippen MR) is 396 cm³/mol. The average Bonchev–Trinajstić information content (AvgIpc) is 1.65. The number of methoxy groups -OCH3 is 3. The summed E-state index contributed by atoms with van der Waals surface area (Å²) < 4.78 is 51.4. The highest BCUT2D eigenvalue weighted by molar-refractivity contribution is 6.07. The molecule has 11 rings (SSSR count). The normalized spacial score (nSPS) is 15.8. The monoisotopic (exact) mass is 1430 g/mol. The van der Waals surface area contributed by atoms with Crippen LogP contribution in [-0.2, 0) is 49.5 Å². The zero-order chi connectivity index (χ0) is 73.8. The number of benzene rings is 6. The van der Waals surface area contributed by atoms with Crippen LogP contribution in [0.25, 0.3) is 11.1 Å². The minimum absolute atomic E-state index is 0.00246. The van der Waals surface area contributed by atoms with Gasteiger partial charge in [0.1, 0.15) is 17.8 Å². The van der Waals surface area contributed by atoms with Crippen molar-refractivity contribution in [2.24, 2.45) is 15.9 Å². The van der Waals surface area contributed by atoms with E-state index in [1.54, 1.807) is 91.4 Å². The molecule has 4 N–H and O–H groups in total. The molecule has 0 fully saturated rings. The van der Waals surface area contributed by atoms with Gasteiger partial charge in [0.15, 0.2) is 23.0 Å². The number of ether oxygens (including phenoxy) is 9. The molecule has 0 radical (unpaired) electrons. The lowest BCUT2D eigenvalue weighted by Crippen LogP contribution is -2.53. The van der Waals surface area contributed by atoms with Gasteiger partial charge in [-0.25, -0.2) is 0 Å². The first-order valence-electron chi connectivity index (χ1n) is 35.1. The number of hydrogen-bond acceptors (Lipinski definition) is 18. The van der Waals surface area contributed by atoms with E-state index >= 15 is 0 Å². The van der Waals surface area contributed by atoms with Gasteiger partial charge in [0.2, 0.25) is 29.5 Å². The van der Waals surface area contributed by atoms with E-state index in [0.717, 1.165) is 50.4 Å². The topological polar surface area (TPSA) is 285 Å². The molecule has 0 saturated carbocycles. The van der Waals surface area contributed by atoms with Crippen molar-refractivity contribution in [1.82, 2.24) is 25.8 Å². The van der Waals surface area contributed by atoms with Crippen LogP contribution < -0.4 is 49.9 Å². The highest BCUT2D eigenvalue weighted by Gasteiger charge is 2.36. The van der Waals surface area contributed by atoms with Crippen molar-refractivity contribution in [2.75, 3.05) is 104 Å². The van der Waals surface area contributed by atoms with Gasteiger partial charge in [-0.2, -0.15) is 0 Å². The Hall–Kier alpha value is -11.2. The Balaban J connectivity index is 0.536. The van der Waals surface area contributed by atoms with Crippen molar-refractivity contribution >= 4 is 87.7 Å². The van der Waals surface area contributed by atoms with E-state index in [9.17, 15) is 33.6 Å². The Labute approximate surface area is 610 Å². The van der Waals surface area contributed by atoms with Gasteiger partial charge in [-0.05, 0) is 95.3 Å². The van der Waals surface area contributed by atoms with Gasteiger partial charge in [-0.1, -0.05) is 80.3 Å². The van der Waals surface area contributed by atoms with Gasteiger partial charge in [0, 0.05) is 98.8 Å². The first kappa shape index (κ1) is 75.0. The Bertz CT molecular complexity index is 4350. The molecule has 0 aromatic heterocycles. The number of nitrogens with one attached hydrogen (secondary N) is 4. The van der Waals surface area contributed by atoms with E-state index in [1.807, 2.05) is 97.3 Å². The van der Waals surface area contributed by atoms with Crippen LogP contribution in [-0.4, -0.2) is 182 Å². The maximum absolute atomic E-state index is 14.2. The number of nitrogens with zero attached hydrogens (tertiary/aromatic N) is 5. The number of carbonyl (C=O) groups excluding carboxylic acids is 7. The third-order valence-corrected chi connectivity index (χ3v) is 18.1. The number of hydrogen-bond donors (Lipinski definition) is 4. The number of amides is 7. The van der Waals surface area contributed by atoms with Crippen molar-refractivity contribution < 1.29 is 76.2 Å². The molecule has 6 aromatic rings. The summed E-state index contributed by atoms with van der Waals surface area (Å²) in [5.74, 6) is 6.24. The molecule has 7 amide bonds. The van der Waals surface area contributed by atoms with Gasteiger partial charge in [-0.3, -0.25) is 43.5 Å². The Morgan fingerprint density at radius 1 is 0.543 bits per heavy atom. The molecule has 4 atom stereocenters. The number of fused-ring (bicyclic) bond motifs is 6. The molecule has 5 aliphatic rings. The molecule has 0 bridgehead atoms. The quantitative estimate of drug-likeness (QED) is 0.0213. The maximum atomic E-state index is 14.2. The van der Waals surface area contributed by atoms with Crippen LogP contribution in [0.3, 0.4) is 0 Å². The minimum atomic E-state index is -0.948. The highest BCUT2D eigenvalue weighted by atomic mass is 16.6. The van der Waals surface area contributed by atoms with E-state index in [-0.39, 0.29) is 106 Å². The third kappa shape index (κ3) is 19.4. The second-order valence-electron chi connectivity index (χ2n) is 25.7. The predicted octanol–water partition coefficient (Wildman–Crippen LogP) is 9.39. The van der Waals surface area contributed by atoms with Crippen LogP contribution in [0.15, 0.2) is 144 Å². The average molecular weight is 1430 g/mol. The highest BCUT2D eigenvalue weighted by Crippen LogP contribution is 2.42. The zero-order valence-corrected chi connectivity index (χ0v) is 59.7. The summed E-state index contributed by atoms with van der Waals surface area (Å²) in [7, 11) is 4.65. The second kappa shape index (κ2) is 36.3. The Kier molecular flexibility index (Phi) is 25.9. The van der Waals surface area contributed by atoms with Gasteiger partial charge in [0.05, 0.1) is 134 Å². The van der Waals surface area contributed by atoms with Crippen molar-refractivity contribution in [3.8, 4) is 40.6 Å². The van der Waals surface area contributed by atoms with Crippen LogP contribution in [0.5, 0.6) is 28.7 Å². The molecule has 25 heteroatoms. The summed E-state index contributed by atoms with van der Waals surface area (Å²) in [4.78, 5) is 108. The fourth-order valence-electron chi connectivity index (χ4n) is 12.4. The van der Waals surface area contributed by atoms with E-state index in [1.165, 1.54) is 14.2 Å². The molecule has 105 heavy (non-hydrogen) atoms. The fraction of sp³-hybridized carbons (Fsp3) is 0.362. The summed E-state index contributed by atoms with van der Waals surface area (Å²) in [5, 5.41) is 11.2. The molecule has 5 heterocycles. The SMILES string of the molecule is COc1ccc(C2=CN3C(=O)c4cc(OC)c(OCCCOc5cc6c(cc5OC)C(=O)N5C=C(c7ccc(NC(=O)[C@H](C)NC(=O)[C@@H](NC(=O)CCOCCOCCOCCOCCNC(=O)CCC(=O)N8Cc9ccccc9C#Cc9ccccc98)C(C)C)cc7)C[C@H]5C=N6)cc4N=C[C@@H]3C2)cc1. The zero-order valence-electron chi connectivity index (χ0n) is 59.7.